The summed E-state index contributed by atoms with van der Waals surface area (Å²) in [6, 6.07) is 4.81. The third-order valence-electron chi connectivity index (χ3n) is 2.34. The Morgan fingerprint density at radius 3 is 3.00 bits per heavy atom. The summed E-state index contributed by atoms with van der Waals surface area (Å²) in [7, 11) is 0. The zero-order valence-corrected chi connectivity index (χ0v) is 10.4. The second kappa shape index (κ2) is 3.64. The van der Waals surface area contributed by atoms with Crippen molar-refractivity contribution in [2.75, 3.05) is 5.32 Å². The van der Waals surface area contributed by atoms with Crippen LogP contribution in [0.2, 0.25) is 0 Å². The van der Waals surface area contributed by atoms with Crippen LogP contribution >= 0.6 is 27.3 Å². The highest BCUT2D eigenvalue weighted by molar-refractivity contribution is 9.10. The smallest absolute Gasteiger partial charge is 0.148 e. The lowest BCUT2D eigenvalue weighted by atomic mass is 10.3. The molecule has 3 rings (SSSR count). The number of thiophene rings is 1. The highest BCUT2D eigenvalue weighted by Crippen LogP contribution is 2.31. The highest BCUT2D eigenvalue weighted by atomic mass is 79.9. The van der Waals surface area contributed by atoms with Gasteiger partial charge in [-0.1, -0.05) is 0 Å². The van der Waals surface area contributed by atoms with Crippen molar-refractivity contribution in [2.45, 2.75) is 18.9 Å². The number of anilines is 1. The zero-order chi connectivity index (χ0) is 10.3. The minimum atomic E-state index is 0.649. The largest absolute Gasteiger partial charge is 0.366 e. The summed E-state index contributed by atoms with van der Waals surface area (Å²) < 4.78 is 1.12. The van der Waals surface area contributed by atoms with Crippen LogP contribution in [-0.4, -0.2) is 16.2 Å². The molecule has 0 atom stereocenters. The lowest BCUT2D eigenvalue weighted by Crippen LogP contribution is -2.00. The van der Waals surface area contributed by atoms with Gasteiger partial charge in [0, 0.05) is 22.0 Å². The van der Waals surface area contributed by atoms with Crippen molar-refractivity contribution in [2.24, 2.45) is 0 Å². The second-order valence-electron chi connectivity index (χ2n) is 3.71. The molecule has 1 aliphatic carbocycles. The molecule has 2 aromatic heterocycles. The molecule has 2 N–H and O–H groups in total. The molecule has 1 saturated carbocycles. The summed E-state index contributed by atoms with van der Waals surface area (Å²) in [6.45, 7) is 0. The van der Waals surface area contributed by atoms with Crippen molar-refractivity contribution in [3.63, 3.8) is 0 Å². The number of H-pyrrole nitrogens is 1. The van der Waals surface area contributed by atoms with Gasteiger partial charge >= 0.3 is 0 Å². The molecule has 0 aromatic carbocycles. The number of rotatable bonds is 3. The molecule has 0 aliphatic heterocycles. The van der Waals surface area contributed by atoms with Crippen LogP contribution in [-0.2, 0) is 0 Å². The normalized spacial score (nSPS) is 15.5. The fraction of sp³-hybridized carbons (Fsp3) is 0.300. The molecule has 5 heteroatoms. The monoisotopic (exact) mass is 283 g/mol. The van der Waals surface area contributed by atoms with Crippen molar-refractivity contribution in [1.29, 1.82) is 0 Å². The van der Waals surface area contributed by atoms with E-state index in [-0.39, 0.29) is 0 Å². The van der Waals surface area contributed by atoms with E-state index in [0.29, 0.717) is 6.04 Å². The molecule has 3 nitrogen and oxygen atoms in total. The molecule has 0 spiro atoms. The molecule has 2 aromatic rings. The van der Waals surface area contributed by atoms with Crippen molar-refractivity contribution < 1.29 is 0 Å². The van der Waals surface area contributed by atoms with Gasteiger partial charge in [0.05, 0.1) is 10.6 Å². The summed E-state index contributed by atoms with van der Waals surface area (Å²) in [6.07, 6.45) is 2.54. The Balaban J connectivity index is 1.82. The number of hydrogen-bond donors (Lipinski definition) is 2. The van der Waals surface area contributed by atoms with Crippen LogP contribution in [0.25, 0.3) is 10.6 Å². The van der Waals surface area contributed by atoms with Gasteiger partial charge in [-0.2, -0.15) is 5.10 Å². The summed E-state index contributed by atoms with van der Waals surface area (Å²) in [5.41, 5.74) is 1.08. The van der Waals surface area contributed by atoms with E-state index in [1.807, 2.05) is 0 Å². The molecule has 0 unspecified atom stereocenters. The van der Waals surface area contributed by atoms with Gasteiger partial charge in [0.2, 0.25) is 0 Å². The molecule has 0 bridgehead atoms. The standard InChI is InChI=1S/C10H10BrN3S/c11-6-3-9(15-5-6)8-4-10(14-13-8)12-7-1-2-7/h3-5,7H,1-2H2,(H2,12,13,14). The fourth-order valence-electron chi connectivity index (χ4n) is 1.41. The fourth-order valence-corrected chi connectivity index (χ4v) is 2.81. The molecule has 0 radical (unpaired) electrons. The van der Waals surface area contributed by atoms with Gasteiger partial charge in [-0.25, -0.2) is 0 Å². The maximum Gasteiger partial charge on any atom is 0.148 e. The first-order valence-electron chi connectivity index (χ1n) is 4.87. The number of hydrogen-bond acceptors (Lipinski definition) is 3. The van der Waals surface area contributed by atoms with Crippen LogP contribution in [0.5, 0.6) is 0 Å². The van der Waals surface area contributed by atoms with Crippen LogP contribution < -0.4 is 5.32 Å². The molecule has 15 heavy (non-hydrogen) atoms. The molecule has 0 amide bonds. The van der Waals surface area contributed by atoms with Gasteiger partial charge in [0.25, 0.3) is 0 Å². The van der Waals surface area contributed by atoms with Crippen LogP contribution in [0.1, 0.15) is 12.8 Å². The van der Waals surface area contributed by atoms with Gasteiger partial charge in [-0.05, 0) is 34.8 Å². The SMILES string of the molecule is Brc1csc(-c2cc(NC3CC3)n[nH]2)c1. The van der Waals surface area contributed by atoms with Crippen LogP contribution in [0.3, 0.4) is 0 Å². The Morgan fingerprint density at radius 1 is 1.47 bits per heavy atom. The van der Waals surface area contributed by atoms with Crippen LogP contribution in [0.4, 0.5) is 5.82 Å². The summed E-state index contributed by atoms with van der Waals surface area (Å²) in [5.74, 6) is 0.956. The minimum absolute atomic E-state index is 0.649. The maximum atomic E-state index is 4.24. The van der Waals surface area contributed by atoms with Crippen molar-refractivity contribution in [3.05, 3.63) is 22.0 Å². The number of aromatic amines is 1. The molecular formula is C10H10BrN3S. The topological polar surface area (TPSA) is 40.7 Å². The lowest BCUT2D eigenvalue weighted by Gasteiger charge is -1.95. The van der Waals surface area contributed by atoms with Crippen LogP contribution in [0.15, 0.2) is 22.0 Å². The highest BCUT2D eigenvalue weighted by Gasteiger charge is 2.21. The quantitative estimate of drug-likeness (QED) is 0.906. The van der Waals surface area contributed by atoms with Gasteiger partial charge in [0.1, 0.15) is 5.82 Å². The Morgan fingerprint density at radius 2 is 2.33 bits per heavy atom. The van der Waals surface area contributed by atoms with Crippen molar-refractivity contribution >= 4 is 33.1 Å². The molecule has 1 fully saturated rings. The van der Waals surface area contributed by atoms with E-state index in [1.165, 1.54) is 17.7 Å². The number of halogens is 1. The van der Waals surface area contributed by atoms with Crippen molar-refractivity contribution in [3.8, 4) is 10.6 Å². The summed E-state index contributed by atoms with van der Waals surface area (Å²) in [4.78, 5) is 1.21. The summed E-state index contributed by atoms with van der Waals surface area (Å²) in [5, 5.41) is 12.7. The van der Waals surface area contributed by atoms with E-state index in [9.17, 15) is 0 Å². The minimum Gasteiger partial charge on any atom is -0.366 e. The van der Waals surface area contributed by atoms with E-state index in [4.69, 9.17) is 0 Å². The second-order valence-corrected chi connectivity index (χ2v) is 5.54. The number of nitrogens with zero attached hydrogens (tertiary/aromatic N) is 1. The Bertz CT molecular complexity index is 472. The lowest BCUT2D eigenvalue weighted by molar-refractivity contribution is 1.05. The molecule has 1 aliphatic rings. The van der Waals surface area contributed by atoms with Gasteiger partial charge in [-0.15, -0.1) is 11.3 Å². The first-order chi connectivity index (χ1) is 7.31. The third kappa shape index (κ3) is 2.08. The Labute approximate surface area is 100 Å². The predicted octanol–water partition coefficient (Wildman–Crippen LogP) is 3.48. The number of nitrogens with one attached hydrogen (secondary N) is 2. The van der Waals surface area contributed by atoms with E-state index in [0.717, 1.165) is 16.0 Å². The van der Waals surface area contributed by atoms with E-state index >= 15 is 0 Å². The van der Waals surface area contributed by atoms with E-state index < -0.39 is 0 Å². The van der Waals surface area contributed by atoms with Gasteiger partial charge in [0.15, 0.2) is 0 Å². The number of aromatic nitrogens is 2. The zero-order valence-electron chi connectivity index (χ0n) is 7.96. The van der Waals surface area contributed by atoms with Crippen molar-refractivity contribution in [1.82, 2.24) is 10.2 Å². The molecular weight excluding hydrogens is 274 g/mol. The molecule has 2 heterocycles. The molecule has 78 valence electrons. The van der Waals surface area contributed by atoms with E-state index in [1.54, 1.807) is 11.3 Å². The van der Waals surface area contributed by atoms with E-state index in [2.05, 4.69) is 49.0 Å². The molecule has 0 saturated heterocycles. The maximum absolute atomic E-state index is 4.24. The Kier molecular flexibility index (Phi) is 2.29. The summed E-state index contributed by atoms with van der Waals surface area (Å²) >= 11 is 5.15. The van der Waals surface area contributed by atoms with Gasteiger partial charge in [-0.3, -0.25) is 5.10 Å². The van der Waals surface area contributed by atoms with Gasteiger partial charge < -0.3 is 5.32 Å². The predicted molar refractivity (Wildman–Crippen MR) is 66.2 cm³/mol. The first kappa shape index (κ1) is 9.42. The first-order valence-corrected chi connectivity index (χ1v) is 6.55. The third-order valence-corrected chi connectivity index (χ3v) is 4.06. The van der Waals surface area contributed by atoms with Crippen LogP contribution in [0, 0.1) is 0 Å². The Hall–Kier alpha value is -0.810. The average Bonchev–Trinajstić information content (AvgIpc) is 2.74. The average molecular weight is 284 g/mol.